The van der Waals surface area contributed by atoms with Gasteiger partial charge >= 0.3 is 0 Å². The van der Waals surface area contributed by atoms with Crippen LogP contribution in [0.2, 0.25) is 0 Å². The molecular weight excluding hydrogens is 354 g/mol. The van der Waals surface area contributed by atoms with Crippen LogP contribution in [-0.4, -0.2) is 48.2 Å². The molecule has 0 aliphatic carbocycles. The van der Waals surface area contributed by atoms with E-state index in [1.54, 1.807) is 13.2 Å². The van der Waals surface area contributed by atoms with Crippen LogP contribution in [0, 0.1) is 0 Å². The normalized spacial score (nSPS) is 25.3. The van der Waals surface area contributed by atoms with Crippen molar-refractivity contribution in [2.45, 2.75) is 12.5 Å². The van der Waals surface area contributed by atoms with Crippen molar-refractivity contribution in [3.8, 4) is 5.75 Å². The molecule has 0 saturated carbocycles. The van der Waals surface area contributed by atoms with Gasteiger partial charge in [-0.2, -0.15) is 0 Å². The van der Waals surface area contributed by atoms with Crippen molar-refractivity contribution in [3.05, 3.63) is 34.7 Å². The van der Waals surface area contributed by atoms with Gasteiger partial charge < -0.3 is 4.74 Å². The average Bonchev–Trinajstić information content (AvgIpc) is 2.99. The summed E-state index contributed by atoms with van der Waals surface area (Å²) in [5.74, 6) is 0.594. The number of benzene rings is 1. The number of nitrogens with zero attached hydrogens (tertiary/aromatic N) is 1. The second kappa shape index (κ2) is 6.26. The van der Waals surface area contributed by atoms with Crippen LogP contribution in [0.25, 0.3) is 6.08 Å². The van der Waals surface area contributed by atoms with E-state index in [2.05, 4.69) is 0 Å². The molecule has 3 rings (SSSR count). The van der Waals surface area contributed by atoms with Crippen LogP contribution in [0.3, 0.4) is 0 Å². The fourth-order valence-electron chi connectivity index (χ4n) is 2.66. The van der Waals surface area contributed by atoms with E-state index >= 15 is 0 Å². The van der Waals surface area contributed by atoms with E-state index in [0.29, 0.717) is 21.4 Å². The topological polar surface area (TPSA) is 63.7 Å². The van der Waals surface area contributed by atoms with E-state index < -0.39 is 9.84 Å². The molecular formula is C15H15NO4S3. The molecule has 0 unspecified atom stereocenters. The number of carbonyl (C=O) groups is 1. The van der Waals surface area contributed by atoms with Gasteiger partial charge in [-0.1, -0.05) is 36.1 Å². The first-order valence-corrected chi connectivity index (χ1v) is 10.1. The number of thiocarbonyl (C=S) groups is 1. The molecule has 2 saturated heterocycles. The van der Waals surface area contributed by atoms with Crippen molar-refractivity contribution in [1.29, 1.82) is 0 Å². The summed E-state index contributed by atoms with van der Waals surface area (Å²) >= 11 is 6.49. The van der Waals surface area contributed by atoms with Crippen molar-refractivity contribution < 1.29 is 17.9 Å². The minimum atomic E-state index is -3.06. The van der Waals surface area contributed by atoms with Crippen LogP contribution in [0.4, 0.5) is 0 Å². The lowest BCUT2D eigenvalue weighted by Crippen LogP contribution is -2.39. The van der Waals surface area contributed by atoms with E-state index in [4.69, 9.17) is 17.0 Å². The minimum Gasteiger partial charge on any atom is -0.497 e. The van der Waals surface area contributed by atoms with Crippen LogP contribution in [0.5, 0.6) is 5.75 Å². The number of ether oxygens (including phenoxy) is 1. The third-order valence-electron chi connectivity index (χ3n) is 3.79. The largest absolute Gasteiger partial charge is 0.497 e. The van der Waals surface area contributed by atoms with Gasteiger partial charge in [0.05, 0.1) is 29.6 Å². The molecule has 0 N–H and O–H groups in total. The van der Waals surface area contributed by atoms with Gasteiger partial charge in [-0.15, -0.1) is 0 Å². The lowest BCUT2D eigenvalue weighted by atomic mass is 10.2. The first-order chi connectivity index (χ1) is 10.9. The Morgan fingerprint density at radius 2 is 2.22 bits per heavy atom. The molecule has 1 atom stereocenters. The zero-order valence-corrected chi connectivity index (χ0v) is 14.8. The number of carbonyl (C=O) groups excluding carboxylic acids is 1. The highest BCUT2D eigenvalue weighted by atomic mass is 32.2. The van der Waals surface area contributed by atoms with Gasteiger partial charge in [0.1, 0.15) is 10.1 Å². The Labute approximate surface area is 144 Å². The number of hydrogen-bond acceptors (Lipinski definition) is 6. The molecule has 2 heterocycles. The first kappa shape index (κ1) is 16.5. The Balaban J connectivity index is 1.85. The van der Waals surface area contributed by atoms with Crippen molar-refractivity contribution >= 4 is 50.1 Å². The van der Waals surface area contributed by atoms with E-state index in [1.165, 1.54) is 16.7 Å². The standard InChI is InChI=1S/C15H15NO4S3/c1-20-12-4-2-3-10(7-12)8-13-14(17)16(15(21)22-13)11-5-6-23(18,19)9-11/h2-4,7-8,11H,5-6,9H2,1H3/b13-8-/t11-/m0/s1. The summed E-state index contributed by atoms with van der Waals surface area (Å²) in [4.78, 5) is 14.6. The smallest absolute Gasteiger partial charge is 0.266 e. The lowest BCUT2D eigenvalue weighted by molar-refractivity contribution is -0.123. The second-order valence-electron chi connectivity index (χ2n) is 5.39. The Bertz CT molecular complexity index is 801. The number of thioether (sulfide) groups is 1. The second-order valence-corrected chi connectivity index (χ2v) is 9.29. The Morgan fingerprint density at radius 1 is 1.43 bits per heavy atom. The molecule has 1 amide bonds. The van der Waals surface area contributed by atoms with E-state index in [0.717, 1.165) is 5.56 Å². The molecule has 5 nitrogen and oxygen atoms in total. The molecule has 1 aromatic carbocycles. The summed E-state index contributed by atoms with van der Waals surface area (Å²) in [6.07, 6.45) is 2.20. The molecule has 2 aliphatic heterocycles. The van der Waals surface area contributed by atoms with Crippen molar-refractivity contribution in [1.82, 2.24) is 4.90 Å². The molecule has 2 aliphatic rings. The monoisotopic (exact) mass is 369 g/mol. The zero-order chi connectivity index (χ0) is 16.6. The highest BCUT2D eigenvalue weighted by Gasteiger charge is 2.42. The van der Waals surface area contributed by atoms with Gasteiger partial charge in [0, 0.05) is 0 Å². The number of hydrogen-bond donors (Lipinski definition) is 0. The predicted octanol–water partition coefficient (Wildman–Crippen LogP) is 2.08. The number of rotatable bonds is 3. The Kier molecular flexibility index (Phi) is 4.48. The summed E-state index contributed by atoms with van der Waals surface area (Å²) in [5, 5.41) is 0. The van der Waals surface area contributed by atoms with Gasteiger partial charge in [0.15, 0.2) is 9.84 Å². The van der Waals surface area contributed by atoms with Crippen molar-refractivity contribution in [3.63, 3.8) is 0 Å². The summed E-state index contributed by atoms with van der Waals surface area (Å²) in [5.41, 5.74) is 0.837. The van der Waals surface area contributed by atoms with Crippen LogP contribution in [0.15, 0.2) is 29.2 Å². The number of amides is 1. The molecule has 0 spiro atoms. The molecule has 2 fully saturated rings. The molecule has 0 bridgehead atoms. The fourth-order valence-corrected chi connectivity index (χ4v) is 5.76. The van der Waals surface area contributed by atoms with Crippen LogP contribution in [0.1, 0.15) is 12.0 Å². The summed E-state index contributed by atoms with van der Waals surface area (Å²) in [6, 6.07) is 7.02. The van der Waals surface area contributed by atoms with Gasteiger partial charge in [0.25, 0.3) is 5.91 Å². The Morgan fingerprint density at radius 3 is 2.87 bits per heavy atom. The number of sulfone groups is 1. The molecule has 0 radical (unpaired) electrons. The predicted molar refractivity (Wildman–Crippen MR) is 95.1 cm³/mol. The maximum absolute atomic E-state index is 12.6. The fraction of sp³-hybridized carbons (Fsp3) is 0.333. The highest BCUT2D eigenvalue weighted by molar-refractivity contribution is 8.26. The van der Waals surface area contributed by atoms with E-state index in [1.807, 2.05) is 24.3 Å². The lowest BCUT2D eigenvalue weighted by Gasteiger charge is -2.20. The zero-order valence-electron chi connectivity index (χ0n) is 12.4. The maximum Gasteiger partial charge on any atom is 0.266 e. The van der Waals surface area contributed by atoms with Crippen LogP contribution >= 0.6 is 24.0 Å². The van der Waals surface area contributed by atoms with Crippen LogP contribution < -0.4 is 4.74 Å². The van der Waals surface area contributed by atoms with Crippen LogP contribution in [-0.2, 0) is 14.6 Å². The van der Waals surface area contributed by atoms with E-state index in [9.17, 15) is 13.2 Å². The highest BCUT2D eigenvalue weighted by Crippen LogP contribution is 2.36. The molecule has 23 heavy (non-hydrogen) atoms. The molecule has 1 aromatic rings. The molecule has 122 valence electrons. The summed E-state index contributed by atoms with van der Waals surface area (Å²) in [6.45, 7) is 0. The quantitative estimate of drug-likeness (QED) is 0.600. The van der Waals surface area contributed by atoms with Gasteiger partial charge in [-0.05, 0) is 30.2 Å². The SMILES string of the molecule is COc1cccc(/C=C2\SC(=S)N([C@H]3CCS(=O)(=O)C3)C2=O)c1. The van der Waals surface area contributed by atoms with Gasteiger partial charge in [-0.3, -0.25) is 9.69 Å². The van der Waals surface area contributed by atoms with Crippen molar-refractivity contribution in [2.24, 2.45) is 0 Å². The maximum atomic E-state index is 12.6. The Hall–Kier alpha value is -1.38. The molecule has 0 aromatic heterocycles. The van der Waals surface area contributed by atoms with Gasteiger partial charge in [-0.25, -0.2) is 8.42 Å². The third kappa shape index (κ3) is 3.44. The first-order valence-electron chi connectivity index (χ1n) is 7.01. The third-order valence-corrected chi connectivity index (χ3v) is 6.87. The number of methoxy groups -OCH3 is 1. The van der Waals surface area contributed by atoms with E-state index in [-0.39, 0.29) is 23.5 Å². The average molecular weight is 369 g/mol. The van der Waals surface area contributed by atoms with Crippen molar-refractivity contribution in [2.75, 3.05) is 18.6 Å². The summed E-state index contributed by atoms with van der Waals surface area (Å²) < 4.78 is 28.9. The van der Waals surface area contributed by atoms with Gasteiger partial charge in [0.2, 0.25) is 0 Å². The summed E-state index contributed by atoms with van der Waals surface area (Å²) in [7, 11) is -1.48. The minimum absolute atomic E-state index is 0.00806. The molecule has 8 heteroatoms.